The number of aromatic nitrogens is 6. The fourth-order valence-corrected chi connectivity index (χ4v) is 5.48. The zero-order valence-electron chi connectivity index (χ0n) is 22.5. The number of fused-ring (bicyclic) bond motifs is 2. The predicted octanol–water partition coefficient (Wildman–Crippen LogP) is 4.32. The van der Waals surface area contributed by atoms with Gasteiger partial charge in [0.1, 0.15) is 17.1 Å². The van der Waals surface area contributed by atoms with Crippen LogP contribution in [0, 0.1) is 5.82 Å². The Kier molecular flexibility index (Phi) is 6.16. The van der Waals surface area contributed by atoms with Gasteiger partial charge in [0, 0.05) is 35.9 Å². The first-order chi connectivity index (χ1) is 20.9. The van der Waals surface area contributed by atoms with E-state index in [1.54, 1.807) is 36.8 Å². The molecular formula is C31H23FN8O3. The zero-order valence-corrected chi connectivity index (χ0v) is 22.5. The van der Waals surface area contributed by atoms with Gasteiger partial charge in [-0.1, -0.05) is 6.07 Å². The van der Waals surface area contributed by atoms with E-state index in [4.69, 9.17) is 10.7 Å². The summed E-state index contributed by atoms with van der Waals surface area (Å²) in [5.41, 5.74) is 10.6. The number of aromatic hydroxyl groups is 1. The third-order valence-corrected chi connectivity index (χ3v) is 7.55. The molecule has 4 aromatic heterocycles. The molecule has 6 aromatic rings. The van der Waals surface area contributed by atoms with Crippen molar-refractivity contribution in [3.63, 3.8) is 0 Å². The van der Waals surface area contributed by atoms with Gasteiger partial charge in [-0.3, -0.25) is 14.2 Å². The Bertz CT molecular complexity index is 2050. The van der Waals surface area contributed by atoms with E-state index in [2.05, 4.69) is 20.4 Å². The summed E-state index contributed by atoms with van der Waals surface area (Å²) in [6.07, 6.45) is 6.61. The first-order valence-corrected chi connectivity index (χ1v) is 13.4. The highest BCUT2D eigenvalue weighted by Gasteiger charge is 2.27. The number of phenolic OH excluding ortho intramolecular Hbond substituents is 1. The van der Waals surface area contributed by atoms with Crippen molar-refractivity contribution in [3.05, 3.63) is 107 Å². The summed E-state index contributed by atoms with van der Waals surface area (Å²) >= 11 is 0. The van der Waals surface area contributed by atoms with E-state index in [0.29, 0.717) is 41.7 Å². The number of halogens is 1. The lowest BCUT2D eigenvalue weighted by molar-refractivity contribution is 0.0936. The average molecular weight is 575 g/mol. The number of nitrogens with one attached hydrogen (secondary N) is 1. The Balaban J connectivity index is 1.30. The van der Waals surface area contributed by atoms with Crippen LogP contribution in [0.15, 0.2) is 79.3 Å². The molecule has 4 N–H and O–H groups in total. The quantitative estimate of drug-likeness (QED) is 0.249. The Hall–Kier alpha value is -5.91. The number of nitrogens with zero attached hydrogens (tertiary/aromatic N) is 6. The molecular weight excluding hydrogens is 551 g/mol. The summed E-state index contributed by atoms with van der Waals surface area (Å²) in [6.45, 7) is 0. The highest BCUT2D eigenvalue weighted by Crippen LogP contribution is 2.36. The monoisotopic (exact) mass is 574 g/mol. The fourth-order valence-electron chi connectivity index (χ4n) is 5.48. The number of pyridine rings is 2. The largest absolute Gasteiger partial charge is 0.507 e. The smallest absolute Gasteiger partial charge is 0.251 e. The predicted molar refractivity (Wildman–Crippen MR) is 156 cm³/mol. The number of nitrogens with two attached hydrogens (primary N) is 1. The Morgan fingerprint density at radius 3 is 2.77 bits per heavy atom. The Morgan fingerprint density at radius 1 is 1.09 bits per heavy atom. The van der Waals surface area contributed by atoms with E-state index >= 15 is 4.39 Å². The van der Waals surface area contributed by atoms with Crippen LogP contribution in [0.4, 0.5) is 10.2 Å². The van der Waals surface area contributed by atoms with Crippen molar-refractivity contribution < 1.29 is 19.1 Å². The van der Waals surface area contributed by atoms with Crippen LogP contribution < -0.4 is 11.1 Å². The van der Waals surface area contributed by atoms with Crippen LogP contribution in [0.3, 0.4) is 0 Å². The number of hydrogen-bond donors (Lipinski definition) is 3. The molecule has 1 aliphatic rings. The van der Waals surface area contributed by atoms with Crippen LogP contribution in [0.1, 0.15) is 44.3 Å². The number of anilines is 1. The summed E-state index contributed by atoms with van der Waals surface area (Å²) in [4.78, 5) is 37.8. The zero-order chi connectivity index (χ0) is 29.7. The molecule has 2 aromatic carbocycles. The summed E-state index contributed by atoms with van der Waals surface area (Å²) in [6, 6.07) is 16.3. The minimum Gasteiger partial charge on any atom is -0.507 e. The highest BCUT2D eigenvalue weighted by atomic mass is 19.1. The summed E-state index contributed by atoms with van der Waals surface area (Å²) in [7, 11) is 0. The van der Waals surface area contributed by atoms with Crippen molar-refractivity contribution in [1.82, 2.24) is 34.6 Å². The maximum atomic E-state index is 15.1. The van der Waals surface area contributed by atoms with Gasteiger partial charge in [-0.15, -0.1) is 0 Å². The molecule has 0 bridgehead atoms. The van der Waals surface area contributed by atoms with Crippen molar-refractivity contribution >= 4 is 29.2 Å². The van der Waals surface area contributed by atoms with Crippen LogP contribution >= 0.6 is 0 Å². The molecule has 12 heteroatoms. The van der Waals surface area contributed by atoms with Crippen LogP contribution in [0.5, 0.6) is 5.75 Å². The van der Waals surface area contributed by atoms with Crippen LogP contribution in [-0.4, -0.2) is 46.6 Å². The van der Waals surface area contributed by atoms with Gasteiger partial charge in [-0.25, -0.2) is 24.0 Å². The molecule has 0 radical (unpaired) electrons. The summed E-state index contributed by atoms with van der Waals surface area (Å²) in [5, 5.41) is 17.0. The molecule has 0 spiro atoms. The molecule has 0 unspecified atom stereocenters. The third kappa shape index (κ3) is 4.45. The number of hydrogen-bond acceptors (Lipinski definition) is 8. The standard InChI is InChI=1S/C31H23FN8O3/c32-23-15-25-30(38-29(23)39-12-2-11-35-39)40(28(36-25)22-3-1-10-34-27(22)33)20-6-7-21-17(14-20)4-8-24(21)37-31(43)18-5-9-26(42)19(13-18)16-41/h1-3,5-7,9-16,24,42H,4,8H2,(H2,33,34)(H,37,43)/t24-/m0/s1. The molecule has 7 rings (SSSR count). The van der Waals surface area contributed by atoms with Gasteiger partial charge in [0.25, 0.3) is 5.91 Å². The van der Waals surface area contributed by atoms with Gasteiger partial charge >= 0.3 is 0 Å². The number of aldehydes is 1. The van der Waals surface area contributed by atoms with Gasteiger partial charge in [-0.2, -0.15) is 5.10 Å². The fraction of sp³-hybridized carbons (Fsp3) is 0.0968. The second kappa shape index (κ2) is 10.2. The number of phenols is 1. The molecule has 43 heavy (non-hydrogen) atoms. The third-order valence-electron chi connectivity index (χ3n) is 7.55. The highest BCUT2D eigenvalue weighted by molar-refractivity contribution is 5.96. The number of rotatable bonds is 6. The van der Waals surface area contributed by atoms with Gasteiger partial charge in [-0.05, 0) is 72.5 Å². The van der Waals surface area contributed by atoms with Crippen LogP contribution in [-0.2, 0) is 6.42 Å². The number of amides is 1. The number of aryl methyl sites for hydroxylation is 1. The van der Waals surface area contributed by atoms with Gasteiger partial charge in [0.05, 0.1) is 17.2 Å². The van der Waals surface area contributed by atoms with E-state index in [1.165, 1.54) is 28.9 Å². The Morgan fingerprint density at radius 2 is 1.98 bits per heavy atom. The minimum absolute atomic E-state index is 0.0280. The van der Waals surface area contributed by atoms with E-state index in [1.807, 2.05) is 22.8 Å². The first kappa shape index (κ1) is 26.0. The molecule has 212 valence electrons. The molecule has 1 amide bonds. The van der Waals surface area contributed by atoms with Crippen molar-refractivity contribution in [2.24, 2.45) is 0 Å². The molecule has 0 fully saturated rings. The SMILES string of the molecule is Nc1ncccc1-c1nc2cc(F)c(-n3cccn3)nc2n1-c1ccc2c(c1)CC[C@@H]2NC(=O)c1ccc(O)c(C=O)c1. The van der Waals surface area contributed by atoms with Gasteiger partial charge in [0.15, 0.2) is 29.4 Å². The maximum Gasteiger partial charge on any atom is 0.251 e. The lowest BCUT2D eigenvalue weighted by Gasteiger charge is -2.16. The van der Waals surface area contributed by atoms with E-state index in [9.17, 15) is 14.7 Å². The number of carbonyl (C=O) groups is 2. The molecule has 11 nitrogen and oxygen atoms in total. The minimum atomic E-state index is -0.576. The van der Waals surface area contributed by atoms with Crippen LogP contribution in [0.2, 0.25) is 0 Å². The number of nitrogen functional groups attached to an aromatic ring is 1. The normalized spacial score (nSPS) is 14.1. The molecule has 4 heterocycles. The first-order valence-electron chi connectivity index (χ1n) is 13.4. The lowest BCUT2D eigenvalue weighted by Crippen LogP contribution is -2.27. The topological polar surface area (TPSA) is 154 Å². The van der Waals surface area contributed by atoms with Crippen molar-refractivity contribution in [2.75, 3.05) is 5.73 Å². The molecule has 0 saturated carbocycles. The van der Waals surface area contributed by atoms with E-state index in [0.717, 1.165) is 16.8 Å². The van der Waals surface area contributed by atoms with Crippen molar-refractivity contribution in [2.45, 2.75) is 18.9 Å². The molecule has 0 aliphatic heterocycles. The summed E-state index contributed by atoms with van der Waals surface area (Å²) in [5.74, 6) is -0.363. The van der Waals surface area contributed by atoms with E-state index in [-0.39, 0.29) is 40.5 Å². The number of benzene rings is 2. The average Bonchev–Trinajstić information content (AvgIpc) is 3.76. The maximum absolute atomic E-state index is 15.1. The van der Waals surface area contributed by atoms with Crippen LogP contribution in [0.25, 0.3) is 34.1 Å². The second-order valence-electron chi connectivity index (χ2n) is 10.1. The molecule has 1 atom stereocenters. The van der Waals surface area contributed by atoms with Crippen molar-refractivity contribution in [1.29, 1.82) is 0 Å². The lowest BCUT2D eigenvalue weighted by atomic mass is 10.1. The second-order valence-corrected chi connectivity index (χ2v) is 10.1. The van der Waals surface area contributed by atoms with Gasteiger partial charge < -0.3 is 16.2 Å². The van der Waals surface area contributed by atoms with Gasteiger partial charge in [0.2, 0.25) is 0 Å². The van der Waals surface area contributed by atoms with E-state index < -0.39 is 5.82 Å². The Labute approximate surface area is 243 Å². The van der Waals surface area contributed by atoms with Crippen molar-refractivity contribution in [3.8, 4) is 28.6 Å². The number of imidazole rings is 1. The molecule has 1 aliphatic carbocycles. The summed E-state index contributed by atoms with van der Waals surface area (Å²) < 4.78 is 18.3. The molecule has 0 saturated heterocycles. The number of carbonyl (C=O) groups excluding carboxylic acids is 2.